The van der Waals surface area contributed by atoms with E-state index in [1.807, 2.05) is 45.0 Å². The van der Waals surface area contributed by atoms with E-state index in [1.165, 1.54) is 12.0 Å². The molecule has 1 aromatic heterocycles. The van der Waals surface area contributed by atoms with Gasteiger partial charge in [0.1, 0.15) is 5.75 Å². The second-order valence-corrected chi connectivity index (χ2v) is 9.26. The number of rotatable bonds is 7. The summed E-state index contributed by atoms with van der Waals surface area (Å²) in [5.41, 5.74) is 6.33. The first-order chi connectivity index (χ1) is 18.6. The molecule has 0 unspecified atom stereocenters. The van der Waals surface area contributed by atoms with E-state index >= 15 is 0 Å². The molecular formula is C31H32N2O6. The van der Waals surface area contributed by atoms with Crippen molar-refractivity contribution in [3.63, 3.8) is 0 Å². The van der Waals surface area contributed by atoms with Gasteiger partial charge in [-0.15, -0.1) is 0 Å². The number of amides is 1. The van der Waals surface area contributed by atoms with Crippen LogP contribution in [0.25, 0.3) is 11.8 Å². The maximum Gasteiger partial charge on any atom is 0.340 e. The molecule has 8 nitrogen and oxygen atoms in total. The van der Waals surface area contributed by atoms with Crippen LogP contribution in [-0.4, -0.2) is 43.2 Å². The quantitative estimate of drug-likeness (QED) is 0.299. The van der Waals surface area contributed by atoms with Gasteiger partial charge in [-0.25, -0.2) is 9.59 Å². The molecule has 0 atom stereocenters. The first-order valence-electron chi connectivity index (χ1n) is 12.6. The molecule has 8 heteroatoms. The topological polar surface area (TPSA) is 87.1 Å². The lowest BCUT2D eigenvalue weighted by atomic mass is 10.0. The Morgan fingerprint density at radius 3 is 2.23 bits per heavy atom. The van der Waals surface area contributed by atoms with Crippen LogP contribution in [0.2, 0.25) is 0 Å². The molecule has 2 aromatic carbocycles. The highest BCUT2D eigenvalue weighted by Crippen LogP contribution is 2.37. The summed E-state index contributed by atoms with van der Waals surface area (Å²) >= 11 is 0. The number of methoxy groups -OCH3 is 2. The third kappa shape index (κ3) is 4.97. The van der Waals surface area contributed by atoms with Crippen molar-refractivity contribution >= 4 is 29.6 Å². The van der Waals surface area contributed by atoms with E-state index < -0.39 is 11.9 Å². The number of carbonyl (C=O) groups excluding carboxylic acids is 3. The number of nitrogens with zero attached hydrogens (tertiary/aromatic N) is 2. The van der Waals surface area contributed by atoms with Gasteiger partial charge in [0.25, 0.3) is 5.91 Å². The molecule has 1 amide bonds. The van der Waals surface area contributed by atoms with Gasteiger partial charge >= 0.3 is 11.9 Å². The smallest absolute Gasteiger partial charge is 0.340 e. The van der Waals surface area contributed by atoms with Crippen LogP contribution in [-0.2, 0) is 19.1 Å². The Morgan fingerprint density at radius 1 is 0.923 bits per heavy atom. The fourth-order valence-electron chi connectivity index (χ4n) is 4.89. The number of ether oxygens (including phenoxy) is 3. The summed E-state index contributed by atoms with van der Waals surface area (Å²) in [7, 11) is 2.92. The van der Waals surface area contributed by atoms with E-state index in [1.54, 1.807) is 51.3 Å². The minimum Gasteiger partial charge on any atom is -0.495 e. The van der Waals surface area contributed by atoms with Crippen molar-refractivity contribution in [2.24, 2.45) is 0 Å². The van der Waals surface area contributed by atoms with Gasteiger partial charge < -0.3 is 18.8 Å². The van der Waals surface area contributed by atoms with Crippen LogP contribution in [0.3, 0.4) is 0 Å². The maximum absolute atomic E-state index is 13.8. The predicted octanol–water partition coefficient (Wildman–Crippen LogP) is 5.47. The van der Waals surface area contributed by atoms with E-state index in [9.17, 15) is 14.4 Å². The summed E-state index contributed by atoms with van der Waals surface area (Å²) in [5, 5.41) is 0. The summed E-state index contributed by atoms with van der Waals surface area (Å²) in [6.07, 6.45) is 1.73. The number of aromatic nitrogens is 1. The highest BCUT2D eigenvalue weighted by Gasteiger charge is 2.38. The first-order valence-corrected chi connectivity index (χ1v) is 12.6. The third-order valence-electron chi connectivity index (χ3n) is 6.77. The Morgan fingerprint density at radius 2 is 1.62 bits per heavy atom. The number of anilines is 1. The lowest BCUT2D eigenvalue weighted by Crippen LogP contribution is -2.24. The molecule has 39 heavy (non-hydrogen) atoms. The van der Waals surface area contributed by atoms with Crippen molar-refractivity contribution in [2.45, 2.75) is 34.6 Å². The lowest BCUT2D eigenvalue weighted by molar-refractivity contribution is -0.136. The van der Waals surface area contributed by atoms with Crippen molar-refractivity contribution in [1.29, 1.82) is 0 Å². The highest BCUT2D eigenvalue weighted by atomic mass is 16.5. The summed E-state index contributed by atoms with van der Waals surface area (Å²) in [6.45, 7) is 9.65. The molecule has 0 saturated heterocycles. The van der Waals surface area contributed by atoms with Crippen molar-refractivity contribution in [1.82, 2.24) is 4.57 Å². The zero-order valence-corrected chi connectivity index (χ0v) is 23.2. The molecule has 1 aliphatic heterocycles. The minimum atomic E-state index is -0.605. The zero-order chi connectivity index (χ0) is 28.4. The number of hydrogen-bond donors (Lipinski definition) is 0. The first kappa shape index (κ1) is 27.4. The van der Waals surface area contributed by atoms with Crippen LogP contribution in [0, 0.1) is 20.8 Å². The molecule has 0 fully saturated rings. The van der Waals surface area contributed by atoms with E-state index in [4.69, 9.17) is 14.2 Å². The summed E-state index contributed by atoms with van der Waals surface area (Å²) in [4.78, 5) is 40.2. The average Bonchev–Trinajstić information content (AvgIpc) is 3.34. The lowest BCUT2D eigenvalue weighted by Gasteiger charge is -2.18. The van der Waals surface area contributed by atoms with Gasteiger partial charge in [0, 0.05) is 22.8 Å². The number of benzene rings is 2. The molecular weight excluding hydrogens is 496 g/mol. The monoisotopic (exact) mass is 528 g/mol. The van der Waals surface area contributed by atoms with Crippen LogP contribution in [0.1, 0.15) is 46.7 Å². The molecule has 1 aliphatic rings. The molecule has 0 spiro atoms. The Balaban J connectivity index is 1.80. The molecule has 3 aromatic rings. The number of hydrogen-bond acceptors (Lipinski definition) is 6. The van der Waals surface area contributed by atoms with E-state index in [0.29, 0.717) is 16.9 Å². The Bertz CT molecular complexity index is 1530. The van der Waals surface area contributed by atoms with E-state index in [2.05, 4.69) is 4.57 Å². The van der Waals surface area contributed by atoms with Crippen LogP contribution < -0.4 is 9.64 Å². The van der Waals surface area contributed by atoms with Crippen LogP contribution in [0.15, 0.2) is 65.4 Å². The van der Waals surface area contributed by atoms with Crippen molar-refractivity contribution in [3.05, 3.63) is 93.5 Å². The molecule has 202 valence electrons. The summed E-state index contributed by atoms with van der Waals surface area (Å²) in [5.74, 6) is -0.691. The predicted molar refractivity (Wildman–Crippen MR) is 149 cm³/mol. The number of esters is 2. The largest absolute Gasteiger partial charge is 0.495 e. The summed E-state index contributed by atoms with van der Waals surface area (Å²) in [6, 6.07) is 14.4. The van der Waals surface area contributed by atoms with Gasteiger partial charge in [0.05, 0.1) is 43.2 Å². The van der Waals surface area contributed by atoms with Gasteiger partial charge in [-0.05, 0) is 94.3 Å². The maximum atomic E-state index is 13.8. The second kappa shape index (κ2) is 11.0. The van der Waals surface area contributed by atoms with E-state index in [-0.39, 0.29) is 23.7 Å². The Hall–Kier alpha value is -4.59. The second-order valence-electron chi connectivity index (χ2n) is 9.26. The van der Waals surface area contributed by atoms with Crippen LogP contribution >= 0.6 is 0 Å². The minimum absolute atomic E-state index is 0.190. The Labute approximate surface area is 228 Å². The molecule has 0 aliphatic carbocycles. The van der Waals surface area contributed by atoms with Crippen molar-refractivity contribution < 1.29 is 28.6 Å². The van der Waals surface area contributed by atoms with E-state index in [0.717, 1.165) is 34.0 Å². The van der Waals surface area contributed by atoms with Gasteiger partial charge in [-0.3, -0.25) is 9.69 Å². The standard InChI is InChI=1S/C31H32N2O6/c1-8-39-30(35)22-10-12-24(13-11-22)33-21(5)28(31(36)38-7)25(29(33)34)17-23-16-19(3)32(20(23)4)26-15-18(2)9-14-27(26)37-6/h9-17H,8H2,1-7H3/b25-17-. The van der Waals surface area contributed by atoms with Gasteiger partial charge in [-0.1, -0.05) is 6.07 Å². The number of carbonyl (C=O) groups is 3. The third-order valence-corrected chi connectivity index (χ3v) is 6.77. The number of allylic oxidation sites excluding steroid dienone is 1. The summed E-state index contributed by atoms with van der Waals surface area (Å²) < 4.78 is 17.8. The SMILES string of the molecule is CCOC(=O)c1ccc(N2C(=O)/C(=C\c3cc(C)n(-c4cc(C)ccc4OC)c3C)C(C(=O)OC)=C2C)cc1. The normalized spacial score (nSPS) is 14.3. The van der Waals surface area contributed by atoms with Crippen LogP contribution in [0.5, 0.6) is 5.75 Å². The van der Waals surface area contributed by atoms with Crippen molar-refractivity contribution in [3.8, 4) is 11.4 Å². The van der Waals surface area contributed by atoms with Crippen molar-refractivity contribution in [2.75, 3.05) is 25.7 Å². The molecule has 4 rings (SSSR count). The van der Waals surface area contributed by atoms with Gasteiger partial charge in [0.15, 0.2) is 0 Å². The molecule has 0 saturated carbocycles. The molecule has 0 N–H and O–H groups in total. The highest BCUT2D eigenvalue weighted by molar-refractivity contribution is 6.24. The van der Waals surface area contributed by atoms with Gasteiger partial charge in [0.2, 0.25) is 0 Å². The molecule has 2 heterocycles. The van der Waals surface area contributed by atoms with Crippen LogP contribution in [0.4, 0.5) is 5.69 Å². The molecule has 0 radical (unpaired) electrons. The fraction of sp³-hybridized carbons (Fsp3) is 0.258. The molecule has 0 bridgehead atoms. The van der Waals surface area contributed by atoms with Gasteiger partial charge in [-0.2, -0.15) is 0 Å². The zero-order valence-electron chi connectivity index (χ0n) is 23.2. The fourth-order valence-corrected chi connectivity index (χ4v) is 4.89. The number of aryl methyl sites for hydroxylation is 2. The Kier molecular flexibility index (Phi) is 7.76. The average molecular weight is 529 g/mol.